The highest BCUT2D eigenvalue weighted by molar-refractivity contribution is 5.02. The summed E-state index contributed by atoms with van der Waals surface area (Å²) in [4.78, 5) is 0. The minimum atomic E-state index is -0.0805. The van der Waals surface area contributed by atoms with Crippen LogP contribution in [0.1, 0.15) is 60.3 Å². The zero-order chi connectivity index (χ0) is 13.6. The molecule has 2 fully saturated rings. The fourth-order valence-electron chi connectivity index (χ4n) is 4.41. The minimum Gasteiger partial charge on any atom is -0.369 e. The van der Waals surface area contributed by atoms with Crippen LogP contribution in [-0.2, 0) is 4.74 Å². The first-order chi connectivity index (χ1) is 8.27. The molecule has 2 rings (SSSR count). The molecule has 0 amide bonds. The van der Waals surface area contributed by atoms with Crippen LogP contribution >= 0.6 is 0 Å². The Balaban J connectivity index is 2.17. The molecule has 0 bridgehead atoms. The van der Waals surface area contributed by atoms with Crippen molar-refractivity contribution >= 4 is 0 Å². The van der Waals surface area contributed by atoms with Crippen molar-refractivity contribution in [3.63, 3.8) is 0 Å². The van der Waals surface area contributed by atoms with E-state index in [0.717, 1.165) is 12.3 Å². The van der Waals surface area contributed by atoms with E-state index in [0.29, 0.717) is 17.9 Å². The van der Waals surface area contributed by atoms with E-state index in [2.05, 4.69) is 40.0 Å². The molecule has 0 radical (unpaired) electrons. The van der Waals surface area contributed by atoms with Crippen molar-refractivity contribution in [1.82, 2.24) is 5.43 Å². The number of hydrazine groups is 1. The van der Waals surface area contributed by atoms with Gasteiger partial charge in [0.1, 0.15) is 0 Å². The van der Waals surface area contributed by atoms with Crippen LogP contribution in [0.3, 0.4) is 0 Å². The van der Waals surface area contributed by atoms with E-state index in [1.54, 1.807) is 0 Å². The predicted molar refractivity (Wildman–Crippen MR) is 75.0 cm³/mol. The van der Waals surface area contributed by atoms with E-state index in [1.807, 2.05) is 0 Å². The second kappa shape index (κ2) is 4.77. The SMILES string of the molecule is CC1CCCC1C(NN)C1CC(C)(C)OC1(C)C. The smallest absolute Gasteiger partial charge is 0.0678 e. The van der Waals surface area contributed by atoms with Gasteiger partial charge >= 0.3 is 0 Å². The Morgan fingerprint density at radius 1 is 1.22 bits per heavy atom. The van der Waals surface area contributed by atoms with Crippen LogP contribution in [0.5, 0.6) is 0 Å². The third-order valence-corrected chi connectivity index (χ3v) is 5.16. The van der Waals surface area contributed by atoms with Gasteiger partial charge in [-0.25, -0.2) is 0 Å². The lowest BCUT2D eigenvalue weighted by Crippen LogP contribution is -2.51. The Labute approximate surface area is 112 Å². The largest absolute Gasteiger partial charge is 0.369 e. The van der Waals surface area contributed by atoms with Crippen LogP contribution in [0.25, 0.3) is 0 Å². The number of nitrogens with one attached hydrogen (secondary N) is 1. The summed E-state index contributed by atoms with van der Waals surface area (Å²) in [6.07, 6.45) is 5.10. The van der Waals surface area contributed by atoms with Gasteiger partial charge in [-0.3, -0.25) is 11.3 Å². The molecular weight excluding hydrogens is 224 g/mol. The lowest BCUT2D eigenvalue weighted by Gasteiger charge is -2.37. The first kappa shape index (κ1) is 14.3. The van der Waals surface area contributed by atoms with Gasteiger partial charge in [0.15, 0.2) is 0 Å². The molecule has 1 aliphatic heterocycles. The van der Waals surface area contributed by atoms with E-state index < -0.39 is 0 Å². The van der Waals surface area contributed by atoms with E-state index in [4.69, 9.17) is 10.6 Å². The molecular formula is C15H30N2O. The van der Waals surface area contributed by atoms with E-state index in [-0.39, 0.29) is 11.2 Å². The summed E-state index contributed by atoms with van der Waals surface area (Å²) in [5.41, 5.74) is 3.03. The highest BCUT2D eigenvalue weighted by atomic mass is 16.5. The second-order valence-corrected chi connectivity index (χ2v) is 7.54. The van der Waals surface area contributed by atoms with Gasteiger partial charge in [-0.15, -0.1) is 0 Å². The first-order valence-electron chi connectivity index (χ1n) is 7.43. The molecule has 4 unspecified atom stereocenters. The third-order valence-electron chi connectivity index (χ3n) is 5.16. The highest BCUT2D eigenvalue weighted by Crippen LogP contribution is 2.47. The molecule has 1 saturated carbocycles. The summed E-state index contributed by atoms with van der Waals surface area (Å²) in [7, 11) is 0. The van der Waals surface area contributed by atoms with E-state index >= 15 is 0 Å². The van der Waals surface area contributed by atoms with Crippen LogP contribution in [0, 0.1) is 17.8 Å². The lowest BCUT2D eigenvalue weighted by molar-refractivity contribution is -0.0801. The second-order valence-electron chi connectivity index (χ2n) is 7.54. The summed E-state index contributed by atoms with van der Waals surface area (Å²) in [6.45, 7) is 11.2. The molecule has 3 N–H and O–H groups in total. The molecule has 0 aromatic carbocycles. The molecule has 1 heterocycles. The molecule has 2 aliphatic rings. The molecule has 1 aliphatic carbocycles. The molecule has 4 atom stereocenters. The normalized spacial score (nSPS) is 40.0. The average Bonchev–Trinajstić information content (AvgIpc) is 2.71. The molecule has 0 aromatic rings. The van der Waals surface area contributed by atoms with Gasteiger partial charge in [0.25, 0.3) is 0 Å². The molecule has 1 saturated heterocycles. The van der Waals surface area contributed by atoms with Crippen molar-refractivity contribution in [1.29, 1.82) is 0 Å². The maximum Gasteiger partial charge on any atom is 0.0678 e. The van der Waals surface area contributed by atoms with Gasteiger partial charge in [-0.1, -0.05) is 19.8 Å². The summed E-state index contributed by atoms with van der Waals surface area (Å²) in [5.74, 6) is 7.89. The summed E-state index contributed by atoms with van der Waals surface area (Å²) >= 11 is 0. The Morgan fingerprint density at radius 3 is 2.28 bits per heavy atom. The Morgan fingerprint density at radius 2 is 1.89 bits per heavy atom. The predicted octanol–water partition coefficient (Wildman–Crippen LogP) is 2.85. The van der Waals surface area contributed by atoms with Gasteiger partial charge in [0.2, 0.25) is 0 Å². The number of ether oxygens (including phenoxy) is 1. The summed E-state index contributed by atoms with van der Waals surface area (Å²) in [5, 5.41) is 0. The van der Waals surface area contributed by atoms with Crippen molar-refractivity contribution in [3.8, 4) is 0 Å². The third kappa shape index (κ3) is 2.59. The molecule has 3 nitrogen and oxygen atoms in total. The summed E-state index contributed by atoms with van der Waals surface area (Å²) < 4.78 is 6.23. The average molecular weight is 254 g/mol. The Kier molecular flexibility index (Phi) is 3.79. The lowest BCUT2D eigenvalue weighted by atomic mass is 9.74. The fourth-order valence-corrected chi connectivity index (χ4v) is 4.41. The van der Waals surface area contributed by atoms with Crippen LogP contribution in [0.2, 0.25) is 0 Å². The van der Waals surface area contributed by atoms with Crippen molar-refractivity contribution in [2.75, 3.05) is 0 Å². The monoisotopic (exact) mass is 254 g/mol. The Bertz CT molecular complexity index is 301. The molecule has 0 spiro atoms. The molecule has 106 valence electrons. The van der Waals surface area contributed by atoms with Gasteiger partial charge in [-0.05, 0) is 52.4 Å². The highest BCUT2D eigenvalue weighted by Gasteiger charge is 2.51. The number of hydrogen-bond acceptors (Lipinski definition) is 3. The molecule has 18 heavy (non-hydrogen) atoms. The minimum absolute atomic E-state index is 0.0227. The van der Waals surface area contributed by atoms with Crippen molar-refractivity contribution in [2.45, 2.75) is 77.5 Å². The van der Waals surface area contributed by atoms with E-state index in [9.17, 15) is 0 Å². The van der Waals surface area contributed by atoms with Crippen molar-refractivity contribution in [3.05, 3.63) is 0 Å². The maximum atomic E-state index is 6.23. The number of rotatable bonds is 3. The zero-order valence-electron chi connectivity index (χ0n) is 12.6. The van der Waals surface area contributed by atoms with Crippen molar-refractivity contribution < 1.29 is 4.74 Å². The summed E-state index contributed by atoms with van der Waals surface area (Å²) in [6, 6.07) is 0.388. The van der Waals surface area contributed by atoms with Crippen LogP contribution in [-0.4, -0.2) is 17.2 Å². The standard InChI is InChI=1S/C15H30N2O/c1-10-7-6-8-11(10)13(17-16)12-9-14(2,3)18-15(12,4)5/h10-13,17H,6-9,16H2,1-5H3. The fraction of sp³-hybridized carbons (Fsp3) is 1.00. The van der Waals surface area contributed by atoms with Crippen LogP contribution in [0.15, 0.2) is 0 Å². The quantitative estimate of drug-likeness (QED) is 0.601. The van der Waals surface area contributed by atoms with Gasteiger partial charge in [-0.2, -0.15) is 0 Å². The van der Waals surface area contributed by atoms with Crippen molar-refractivity contribution in [2.24, 2.45) is 23.6 Å². The number of nitrogens with two attached hydrogens (primary N) is 1. The molecule has 3 heteroatoms. The Hall–Kier alpha value is -0.120. The van der Waals surface area contributed by atoms with Crippen LogP contribution < -0.4 is 11.3 Å². The number of hydrogen-bond donors (Lipinski definition) is 2. The topological polar surface area (TPSA) is 47.3 Å². The van der Waals surface area contributed by atoms with Gasteiger partial charge in [0.05, 0.1) is 11.2 Å². The van der Waals surface area contributed by atoms with Gasteiger partial charge in [0, 0.05) is 12.0 Å². The maximum absolute atomic E-state index is 6.23. The molecule has 0 aromatic heterocycles. The first-order valence-corrected chi connectivity index (χ1v) is 7.43. The van der Waals surface area contributed by atoms with Gasteiger partial charge < -0.3 is 4.74 Å². The van der Waals surface area contributed by atoms with E-state index in [1.165, 1.54) is 19.3 Å². The van der Waals surface area contributed by atoms with Crippen LogP contribution in [0.4, 0.5) is 0 Å². The zero-order valence-corrected chi connectivity index (χ0v) is 12.6.